The Morgan fingerprint density at radius 3 is 1.93 bits per heavy atom. The zero-order valence-electron chi connectivity index (χ0n) is 22.8. The third-order valence-electron chi connectivity index (χ3n) is 5.90. The summed E-state index contributed by atoms with van der Waals surface area (Å²) in [6.45, 7) is 0. The summed E-state index contributed by atoms with van der Waals surface area (Å²) in [5, 5.41) is 6.79. The average Bonchev–Trinajstić information content (AvgIpc) is 3.01. The number of amides is 2. The second-order valence-corrected chi connectivity index (χ2v) is 9.49. The van der Waals surface area contributed by atoms with Crippen molar-refractivity contribution in [3.8, 4) is 23.0 Å². The van der Waals surface area contributed by atoms with Crippen molar-refractivity contribution in [3.63, 3.8) is 0 Å². The Bertz CT molecular complexity index is 1600. The van der Waals surface area contributed by atoms with Crippen LogP contribution < -0.4 is 29.7 Å². The molecule has 0 heterocycles. The van der Waals surface area contributed by atoms with E-state index in [2.05, 4.69) is 31.8 Å². The zero-order valence-corrected chi connectivity index (χ0v) is 24.4. The van der Waals surface area contributed by atoms with Gasteiger partial charge in [0.2, 0.25) is 5.75 Å². The first kappa shape index (κ1) is 29.8. The number of hydrogen-bond acceptors (Lipinski definition) is 8. The van der Waals surface area contributed by atoms with Gasteiger partial charge in [0.1, 0.15) is 5.75 Å². The smallest absolute Gasteiger partial charge is 0.343 e. The Hall–Kier alpha value is -5.16. The summed E-state index contributed by atoms with van der Waals surface area (Å²) in [5.41, 5.74) is 4.44. The van der Waals surface area contributed by atoms with Gasteiger partial charge in [0.25, 0.3) is 11.8 Å². The summed E-state index contributed by atoms with van der Waals surface area (Å²) < 4.78 is 22.4. The van der Waals surface area contributed by atoms with Crippen LogP contribution in [0.15, 0.2) is 94.5 Å². The van der Waals surface area contributed by atoms with Crippen LogP contribution in [0.5, 0.6) is 23.0 Å². The van der Waals surface area contributed by atoms with Crippen LogP contribution in [-0.2, 0) is 0 Å². The molecule has 2 N–H and O–H groups in total. The SMILES string of the molecule is COc1cc(C(=O)Oc2ccccc2/C=N\NC(=O)c2ccc(NC(=O)c3ccc(Br)cc3)cc2)cc(OC)c1OC. The number of benzene rings is 4. The molecule has 4 aromatic rings. The number of carbonyl (C=O) groups is 3. The number of hydrogen-bond donors (Lipinski definition) is 2. The molecule has 10 nitrogen and oxygen atoms in total. The van der Waals surface area contributed by atoms with Crippen molar-refractivity contribution in [1.82, 2.24) is 5.43 Å². The number of esters is 1. The van der Waals surface area contributed by atoms with Crippen LogP contribution in [0.2, 0.25) is 0 Å². The molecule has 0 aliphatic heterocycles. The number of carbonyl (C=O) groups excluding carboxylic acids is 3. The molecule has 0 aromatic heterocycles. The van der Waals surface area contributed by atoms with Gasteiger partial charge in [-0.1, -0.05) is 28.1 Å². The summed E-state index contributed by atoms with van der Waals surface area (Å²) in [6, 6.07) is 23.0. The highest BCUT2D eigenvalue weighted by atomic mass is 79.9. The van der Waals surface area contributed by atoms with E-state index in [1.54, 1.807) is 72.8 Å². The van der Waals surface area contributed by atoms with Crippen molar-refractivity contribution in [1.29, 1.82) is 0 Å². The molecule has 42 heavy (non-hydrogen) atoms. The van der Waals surface area contributed by atoms with Crippen molar-refractivity contribution in [2.24, 2.45) is 5.10 Å². The molecule has 0 radical (unpaired) electrons. The predicted molar refractivity (Wildman–Crippen MR) is 161 cm³/mol. The first-order valence-electron chi connectivity index (χ1n) is 12.4. The molecule has 4 aromatic carbocycles. The molecule has 214 valence electrons. The number of ether oxygens (including phenoxy) is 4. The summed E-state index contributed by atoms with van der Waals surface area (Å²) >= 11 is 3.34. The molecule has 0 atom stereocenters. The van der Waals surface area contributed by atoms with E-state index >= 15 is 0 Å². The molecule has 0 saturated heterocycles. The number of anilines is 1. The van der Waals surface area contributed by atoms with Crippen LogP contribution in [0, 0.1) is 0 Å². The number of halogens is 1. The minimum Gasteiger partial charge on any atom is -0.493 e. The van der Waals surface area contributed by atoms with Crippen LogP contribution in [0.1, 0.15) is 36.6 Å². The topological polar surface area (TPSA) is 125 Å². The van der Waals surface area contributed by atoms with E-state index in [-0.39, 0.29) is 17.2 Å². The summed E-state index contributed by atoms with van der Waals surface area (Å²) in [4.78, 5) is 38.0. The van der Waals surface area contributed by atoms with Gasteiger partial charge in [-0.25, -0.2) is 10.2 Å². The summed E-state index contributed by atoms with van der Waals surface area (Å²) in [7, 11) is 4.36. The molecule has 4 rings (SSSR count). The molecule has 0 unspecified atom stereocenters. The van der Waals surface area contributed by atoms with Crippen molar-refractivity contribution in [2.45, 2.75) is 0 Å². The molecule has 0 saturated carbocycles. The van der Waals surface area contributed by atoms with Crippen LogP contribution in [-0.4, -0.2) is 45.3 Å². The minimum atomic E-state index is -0.661. The normalized spacial score (nSPS) is 10.6. The Balaban J connectivity index is 1.39. The van der Waals surface area contributed by atoms with E-state index in [4.69, 9.17) is 18.9 Å². The fourth-order valence-corrected chi connectivity index (χ4v) is 4.04. The number of rotatable bonds is 10. The quantitative estimate of drug-likeness (QED) is 0.0994. The lowest BCUT2D eigenvalue weighted by molar-refractivity contribution is 0.0733. The van der Waals surface area contributed by atoms with E-state index in [1.165, 1.54) is 39.7 Å². The lowest BCUT2D eigenvalue weighted by atomic mass is 10.1. The first-order chi connectivity index (χ1) is 20.3. The Kier molecular flexibility index (Phi) is 9.90. The predicted octanol–water partition coefficient (Wildman–Crippen LogP) is 5.71. The number of nitrogens with zero attached hydrogens (tertiary/aromatic N) is 1. The van der Waals surface area contributed by atoms with E-state index in [9.17, 15) is 14.4 Å². The van der Waals surface area contributed by atoms with E-state index in [0.29, 0.717) is 39.6 Å². The molecule has 0 fully saturated rings. The molecule has 0 spiro atoms. The van der Waals surface area contributed by atoms with Gasteiger partial charge < -0.3 is 24.3 Å². The molecule has 0 bridgehead atoms. The van der Waals surface area contributed by atoms with Crippen LogP contribution >= 0.6 is 15.9 Å². The van der Waals surface area contributed by atoms with E-state index in [1.807, 2.05) is 0 Å². The maximum Gasteiger partial charge on any atom is 0.343 e. The standard InChI is InChI=1S/C31H26BrN3O7/c1-39-26-16-22(17-27(40-2)28(26)41-3)31(38)42-25-7-5-4-6-21(25)18-33-35-30(37)20-10-14-24(15-11-20)34-29(36)19-8-12-23(32)13-9-19/h4-18H,1-3H3,(H,34,36)(H,35,37)/b33-18-. The highest BCUT2D eigenvalue weighted by molar-refractivity contribution is 9.10. The monoisotopic (exact) mass is 631 g/mol. The molecular weight excluding hydrogens is 606 g/mol. The molecule has 2 amide bonds. The highest BCUT2D eigenvalue weighted by Gasteiger charge is 2.19. The van der Waals surface area contributed by atoms with Gasteiger partial charge in [0, 0.05) is 26.9 Å². The van der Waals surface area contributed by atoms with Gasteiger partial charge in [0.05, 0.1) is 33.1 Å². The average molecular weight is 632 g/mol. The second-order valence-electron chi connectivity index (χ2n) is 8.58. The highest BCUT2D eigenvalue weighted by Crippen LogP contribution is 2.38. The van der Waals surface area contributed by atoms with Crippen molar-refractivity contribution >= 4 is 45.6 Å². The third kappa shape index (κ3) is 7.32. The first-order valence-corrected chi connectivity index (χ1v) is 13.2. The van der Waals surface area contributed by atoms with Gasteiger partial charge in [-0.05, 0) is 72.8 Å². The number of methoxy groups -OCH3 is 3. The van der Waals surface area contributed by atoms with Gasteiger partial charge in [-0.2, -0.15) is 5.10 Å². The maximum absolute atomic E-state index is 12.9. The van der Waals surface area contributed by atoms with E-state index in [0.717, 1.165) is 4.47 Å². The van der Waals surface area contributed by atoms with Gasteiger partial charge in [0.15, 0.2) is 11.5 Å². The van der Waals surface area contributed by atoms with Crippen LogP contribution in [0.25, 0.3) is 0 Å². The van der Waals surface area contributed by atoms with Gasteiger partial charge in [-0.15, -0.1) is 0 Å². The lowest BCUT2D eigenvalue weighted by Crippen LogP contribution is -2.18. The molecule has 11 heteroatoms. The van der Waals surface area contributed by atoms with Crippen molar-refractivity contribution in [2.75, 3.05) is 26.6 Å². The largest absolute Gasteiger partial charge is 0.493 e. The van der Waals surface area contributed by atoms with Gasteiger partial charge in [-0.3, -0.25) is 9.59 Å². The summed E-state index contributed by atoms with van der Waals surface area (Å²) in [5.74, 6) is -0.216. The van der Waals surface area contributed by atoms with Gasteiger partial charge >= 0.3 is 5.97 Å². The number of hydrazone groups is 1. The molecule has 0 aliphatic rings. The second kappa shape index (κ2) is 14.0. The fourth-order valence-electron chi connectivity index (χ4n) is 3.77. The molecule has 0 aliphatic carbocycles. The van der Waals surface area contributed by atoms with E-state index < -0.39 is 11.9 Å². The van der Waals surface area contributed by atoms with Crippen molar-refractivity contribution in [3.05, 3.63) is 112 Å². The Morgan fingerprint density at radius 1 is 0.714 bits per heavy atom. The Morgan fingerprint density at radius 2 is 1.31 bits per heavy atom. The van der Waals surface area contributed by atoms with Crippen molar-refractivity contribution < 1.29 is 33.3 Å². The Labute approximate surface area is 250 Å². The zero-order chi connectivity index (χ0) is 30.1. The number of nitrogens with one attached hydrogen (secondary N) is 2. The number of para-hydroxylation sites is 1. The third-order valence-corrected chi connectivity index (χ3v) is 6.43. The minimum absolute atomic E-state index is 0.182. The van der Waals surface area contributed by atoms with Crippen LogP contribution in [0.3, 0.4) is 0 Å². The van der Waals surface area contributed by atoms with Crippen LogP contribution in [0.4, 0.5) is 5.69 Å². The summed E-state index contributed by atoms with van der Waals surface area (Å²) in [6.07, 6.45) is 1.36. The fraction of sp³-hybridized carbons (Fsp3) is 0.0968. The lowest BCUT2D eigenvalue weighted by Gasteiger charge is -2.14. The molecular formula is C31H26BrN3O7. The maximum atomic E-state index is 12.9.